The molecule has 1 aliphatic rings. The van der Waals surface area contributed by atoms with Crippen LogP contribution in [0.4, 0.5) is 4.39 Å². The second kappa shape index (κ2) is 7.24. The van der Waals surface area contributed by atoms with Gasteiger partial charge in [0.2, 0.25) is 0 Å². The lowest BCUT2D eigenvalue weighted by Crippen LogP contribution is -2.33. The Labute approximate surface area is 118 Å². The number of benzene rings is 1. The summed E-state index contributed by atoms with van der Waals surface area (Å²) in [5.74, 6) is 0.0124. The number of amides is 1. The van der Waals surface area contributed by atoms with E-state index in [-0.39, 0.29) is 11.7 Å². The summed E-state index contributed by atoms with van der Waals surface area (Å²) >= 11 is 0. The van der Waals surface area contributed by atoms with Gasteiger partial charge in [0.25, 0.3) is 5.91 Å². The minimum Gasteiger partial charge on any atom is -0.494 e. The van der Waals surface area contributed by atoms with Crippen LogP contribution in [0.15, 0.2) is 18.2 Å². The van der Waals surface area contributed by atoms with Gasteiger partial charge < -0.3 is 15.4 Å². The van der Waals surface area contributed by atoms with E-state index < -0.39 is 5.82 Å². The normalized spacial score (nSPS) is 18.6. The van der Waals surface area contributed by atoms with E-state index in [2.05, 4.69) is 10.6 Å². The van der Waals surface area contributed by atoms with Crippen molar-refractivity contribution in [1.82, 2.24) is 10.6 Å². The zero-order chi connectivity index (χ0) is 14.4. The number of carbonyl (C=O) groups is 1. The standard InChI is InChI=1S/C15H21FN2O2/c1-20-14-5-4-12(9-13(14)16)15(19)18-8-6-11-3-2-7-17-10-11/h4-5,9,11,17H,2-3,6-8,10H2,1H3,(H,18,19). The topological polar surface area (TPSA) is 50.4 Å². The molecule has 1 unspecified atom stereocenters. The van der Waals surface area contributed by atoms with E-state index in [1.54, 1.807) is 6.07 Å². The minimum atomic E-state index is -0.517. The van der Waals surface area contributed by atoms with Gasteiger partial charge in [0.05, 0.1) is 7.11 Å². The number of hydrogen-bond donors (Lipinski definition) is 2. The van der Waals surface area contributed by atoms with Gasteiger partial charge in [-0.2, -0.15) is 0 Å². The maximum atomic E-state index is 13.5. The molecule has 1 fully saturated rings. The van der Waals surface area contributed by atoms with Crippen molar-refractivity contribution >= 4 is 5.91 Å². The van der Waals surface area contributed by atoms with E-state index in [4.69, 9.17) is 4.74 Å². The van der Waals surface area contributed by atoms with Crippen molar-refractivity contribution in [3.05, 3.63) is 29.6 Å². The maximum Gasteiger partial charge on any atom is 0.251 e. The Bertz CT molecular complexity index is 459. The van der Waals surface area contributed by atoms with Crippen molar-refractivity contribution in [3.8, 4) is 5.75 Å². The molecular formula is C15H21FN2O2. The van der Waals surface area contributed by atoms with Crippen LogP contribution in [-0.2, 0) is 0 Å². The molecule has 0 bridgehead atoms. The van der Waals surface area contributed by atoms with Crippen molar-refractivity contribution < 1.29 is 13.9 Å². The smallest absolute Gasteiger partial charge is 0.251 e. The first kappa shape index (κ1) is 14.8. The van der Waals surface area contributed by atoms with Crippen LogP contribution in [0.1, 0.15) is 29.6 Å². The molecule has 0 aliphatic carbocycles. The molecule has 0 saturated carbocycles. The van der Waals surface area contributed by atoms with E-state index in [0.29, 0.717) is 18.0 Å². The lowest BCUT2D eigenvalue weighted by Gasteiger charge is -2.22. The van der Waals surface area contributed by atoms with E-state index in [0.717, 1.165) is 19.5 Å². The monoisotopic (exact) mass is 280 g/mol. The molecule has 0 aromatic heterocycles. The van der Waals surface area contributed by atoms with Gasteiger partial charge in [-0.25, -0.2) is 4.39 Å². The molecule has 5 heteroatoms. The molecule has 1 aromatic rings. The molecule has 0 spiro atoms. The number of nitrogens with one attached hydrogen (secondary N) is 2. The Morgan fingerprint density at radius 1 is 1.55 bits per heavy atom. The summed E-state index contributed by atoms with van der Waals surface area (Å²) in [6.45, 7) is 2.74. The van der Waals surface area contributed by atoms with Crippen LogP contribution in [-0.4, -0.2) is 32.7 Å². The molecule has 1 heterocycles. The van der Waals surface area contributed by atoms with Crippen LogP contribution in [0.5, 0.6) is 5.75 Å². The zero-order valence-corrected chi connectivity index (χ0v) is 11.7. The highest BCUT2D eigenvalue weighted by Crippen LogP contribution is 2.18. The molecular weight excluding hydrogens is 259 g/mol. The summed E-state index contributed by atoms with van der Waals surface area (Å²) in [5, 5.41) is 6.19. The predicted molar refractivity (Wildman–Crippen MR) is 75.5 cm³/mol. The lowest BCUT2D eigenvalue weighted by molar-refractivity contribution is 0.0950. The summed E-state index contributed by atoms with van der Waals surface area (Å²) in [7, 11) is 1.40. The molecule has 1 aliphatic heterocycles. The van der Waals surface area contributed by atoms with Crippen LogP contribution in [0.25, 0.3) is 0 Å². The third-order valence-corrected chi connectivity index (χ3v) is 3.65. The number of methoxy groups -OCH3 is 1. The molecule has 0 radical (unpaired) electrons. The fourth-order valence-electron chi connectivity index (χ4n) is 2.47. The first-order chi connectivity index (χ1) is 9.70. The third kappa shape index (κ3) is 3.93. The average Bonchev–Trinajstić information content (AvgIpc) is 2.48. The summed E-state index contributed by atoms with van der Waals surface area (Å²) in [6, 6.07) is 4.24. The zero-order valence-electron chi connectivity index (χ0n) is 11.7. The van der Waals surface area contributed by atoms with Crippen molar-refractivity contribution in [1.29, 1.82) is 0 Å². The van der Waals surface area contributed by atoms with E-state index >= 15 is 0 Å². The maximum absolute atomic E-state index is 13.5. The highest BCUT2D eigenvalue weighted by molar-refractivity contribution is 5.94. The Morgan fingerprint density at radius 3 is 3.05 bits per heavy atom. The number of hydrogen-bond acceptors (Lipinski definition) is 3. The van der Waals surface area contributed by atoms with Gasteiger partial charge >= 0.3 is 0 Å². The molecule has 20 heavy (non-hydrogen) atoms. The molecule has 1 atom stereocenters. The van der Waals surface area contributed by atoms with Gasteiger partial charge in [-0.05, 0) is 56.5 Å². The molecule has 110 valence electrons. The highest BCUT2D eigenvalue weighted by Gasteiger charge is 2.14. The van der Waals surface area contributed by atoms with Gasteiger partial charge in [0, 0.05) is 12.1 Å². The molecule has 4 nitrogen and oxygen atoms in total. The van der Waals surface area contributed by atoms with Crippen LogP contribution in [0.3, 0.4) is 0 Å². The molecule has 2 N–H and O–H groups in total. The summed E-state index contributed by atoms with van der Waals surface area (Å²) in [5.41, 5.74) is 0.324. The van der Waals surface area contributed by atoms with Crippen LogP contribution < -0.4 is 15.4 Å². The van der Waals surface area contributed by atoms with Crippen LogP contribution >= 0.6 is 0 Å². The number of halogens is 1. The Morgan fingerprint density at radius 2 is 2.40 bits per heavy atom. The first-order valence-electron chi connectivity index (χ1n) is 7.03. The van der Waals surface area contributed by atoms with Crippen molar-refractivity contribution in [2.24, 2.45) is 5.92 Å². The highest BCUT2D eigenvalue weighted by atomic mass is 19.1. The van der Waals surface area contributed by atoms with Crippen LogP contribution in [0, 0.1) is 11.7 Å². The largest absolute Gasteiger partial charge is 0.494 e. The number of piperidine rings is 1. The quantitative estimate of drug-likeness (QED) is 0.867. The minimum absolute atomic E-state index is 0.148. The Kier molecular flexibility index (Phi) is 5.35. The van der Waals surface area contributed by atoms with Crippen molar-refractivity contribution in [3.63, 3.8) is 0 Å². The summed E-state index contributed by atoms with van der Waals surface area (Å²) < 4.78 is 18.3. The fraction of sp³-hybridized carbons (Fsp3) is 0.533. The number of carbonyl (C=O) groups excluding carboxylic acids is 1. The molecule has 1 aromatic carbocycles. The number of rotatable bonds is 5. The van der Waals surface area contributed by atoms with Crippen molar-refractivity contribution in [2.75, 3.05) is 26.7 Å². The second-order valence-electron chi connectivity index (χ2n) is 5.11. The summed E-state index contributed by atoms with van der Waals surface area (Å²) in [6.07, 6.45) is 3.36. The number of ether oxygens (including phenoxy) is 1. The first-order valence-corrected chi connectivity index (χ1v) is 7.03. The second-order valence-corrected chi connectivity index (χ2v) is 5.11. The van der Waals surface area contributed by atoms with E-state index in [9.17, 15) is 9.18 Å². The summed E-state index contributed by atoms with van der Waals surface area (Å²) in [4.78, 5) is 11.9. The van der Waals surface area contributed by atoms with Crippen molar-refractivity contribution in [2.45, 2.75) is 19.3 Å². The average molecular weight is 280 g/mol. The molecule has 1 amide bonds. The van der Waals surface area contributed by atoms with Gasteiger partial charge in [-0.15, -0.1) is 0 Å². The van der Waals surface area contributed by atoms with Gasteiger partial charge in [-0.3, -0.25) is 4.79 Å². The lowest BCUT2D eigenvalue weighted by atomic mass is 9.96. The van der Waals surface area contributed by atoms with Crippen LogP contribution in [0.2, 0.25) is 0 Å². The van der Waals surface area contributed by atoms with Gasteiger partial charge in [0.1, 0.15) is 0 Å². The predicted octanol–water partition coefficient (Wildman–Crippen LogP) is 1.95. The van der Waals surface area contributed by atoms with Gasteiger partial charge in [-0.1, -0.05) is 0 Å². The Balaban J connectivity index is 1.80. The molecule has 2 rings (SSSR count). The van der Waals surface area contributed by atoms with Gasteiger partial charge in [0.15, 0.2) is 11.6 Å². The Hall–Kier alpha value is -1.62. The molecule has 1 saturated heterocycles. The van der Waals surface area contributed by atoms with E-state index in [1.807, 2.05) is 0 Å². The van der Waals surface area contributed by atoms with E-state index in [1.165, 1.54) is 32.1 Å². The fourth-order valence-corrected chi connectivity index (χ4v) is 2.47. The SMILES string of the molecule is COc1ccc(C(=O)NCCC2CCCNC2)cc1F. The third-order valence-electron chi connectivity index (χ3n) is 3.65.